The predicted octanol–water partition coefficient (Wildman–Crippen LogP) is 3.66. The molecule has 8 heteroatoms. The Kier molecular flexibility index (Phi) is 9.31. The molecule has 3 aromatic rings. The Morgan fingerprint density at radius 3 is 2.66 bits per heavy atom. The third-order valence-corrected chi connectivity index (χ3v) is 5.70. The fourth-order valence-corrected chi connectivity index (χ4v) is 3.96. The van der Waals surface area contributed by atoms with Crippen LogP contribution in [-0.2, 0) is 24.2 Å². The molecule has 1 saturated heterocycles. The molecule has 1 aliphatic rings. The first-order chi connectivity index (χ1) is 15.2. The van der Waals surface area contributed by atoms with Crippen molar-refractivity contribution in [2.75, 3.05) is 39.9 Å². The molecule has 0 atom stereocenters. The van der Waals surface area contributed by atoms with E-state index in [0.717, 1.165) is 68.2 Å². The van der Waals surface area contributed by atoms with Crippen molar-refractivity contribution >= 4 is 40.8 Å². The molecule has 0 unspecified atom stereocenters. The van der Waals surface area contributed by atoms with E-state index in [1.165, 1.54) is 23.3 Å². The van der Waals surface area contributed by atoms with E-state index < -0.39 is 0 Å². The van der Waals surface area contributed by atoms with Gasteiger partial charge in [-0.05, 0) is 41.3 Å². The molecule has 2 aromatic carbocycles. The number of nitrogens with one attached hydrogen (secondary N) is 3. The molecule has 32 heavy (non-hydrogen) atoms. The number of H-pyrrole nitrogens is 1. The predicted molar refractivity (Wildman–Crippen MR) is 138 cm³/mol. The summed E-state index contributed by atoms with van der Waals surface area (Å²) in [5.74, 6) is 0.546. The topological polar surface area (TPSA) is 64.7 Å². The molecule has 6 nitrogen and oxygen atoms in total. The van der Waals surface area contributed by atoms with Gasteiger partial charge in [-0.3, -0.25) is 9.89 Å². The first kappa shape index (κ1) is 24.5. The molecular weight excluding hydrogens is 520 g/mol. The van der Waals surface area contributed by atoms with Crippen molar-refractivity contribution < 1.29 is 9.13 Å². The van der Waals surface area contributed by atoms with Crippen molar-refractivity contribution in [2.24, 2.45) is 4.99 Å². The average molecular weight is 551 g/mol. The van der Waals surface area contributed by atoms with Gasteiger partial charge in [0.1, 0.15) is 5.82 Å². The lowest BCUT2D eigenvalue weighted by atomic mass is 10.1. The molecule has 1 fully saturated rings. The molecule has 1 aliphatic heterocycles. The number of ether oxygens (including phenoxy) is 1. The van der Waals surface area contributed by atoms with Crippen LogP contribution in [0.4, 0.5) is 4.39 Å². The highest BCUT2D eigenvalue weighted by atomic mass is 127. The van der Waals surface area contributed by atoms with E-state index in [0.29, 0.717) is 6.54 Å². The van der Waals surface area contributed by atoms with Crippen molar-refractivity contribution in [1.29, 1.82) is 0 Å². The number of benzene rings is 2. The Bertz CT molecular complexity index is 1030. The molecule has 0 bridgehead atoms. The highest BCUT2D eigenvalue weighted by molar-refractivity contribution is 14.0. The number of aromatic amines is 1. The van der Waals surface area contributed by atoms with Gasteiger partial charge in [0.25, 0.3) is 0 Å². The Balaban J connectivity index is 0.00000289. The fraction of sp³-hybridized carbons (Fsp3) is 0.375. The quantitative estimate of drug-likeness (QED) is 0.238. The zero-order chi connectivity index (χ0) is 21.5. The van der Waals surface area contributed by atoms with Gasteiger partial charge in [0.2, 0.25) is 0 Å². The monoisotopic (exact) mass is 551 g/mol. The standard InChI is InChI=1S/C24H30FN5O.HI/c1-26-24(27-9-8-19-16-28-23-14-21(25)6-7-22(19)23)29-15-18-4-2-3-5-20(18)17-30-10-12-31-13-11-30;/h2-7,14,16,28H,8-13,15,17H2,1H3,(H2,26,27,29);1H. The van der Waals surface area contributed by atoms with Gasteiger partial charge in [0.15, 0.2) is 5.96 Å². The number of hydrogen-bond donors (Lipinski definition) is 3. The van der Waals surface area contributed by atoms with Crippen LogP contribution in [0.2, 0.25) is 0 Å². The zero-order valence-electron chi connectivity index (χ0n) is 18.4. The van der Waals surface area contributed by atoms with Gasteiger partial charge in [0.05, 0.1) is 13.2 Å². The number of halogens is 2. The molecule has 3 N–H and O–H groups in total. The number of aromatic nitrogens is 1. The maximum absolute atomic E-state index is 13.4. The summed E-state index contributed by atoms with van der Waals surface area (Å²) in [4.78, 5) is 9.93. The van der Waals surface area contributed by atoms with Crippen LogP contribution in [0, 0.1) is 5.82 Å². The number of aliphatic imine (C=N–C) groups is 1. The molecule has 4 rings (SSSR count). The van der Waals surface area contributed by atoms with Crippen LogP contribution < -0.4 is 10.6 Å². The van der Waals surface area contributed by atoms with Crippen LogP contribution in [0.25, 0.3) is 10.9 Å². The zero-order valence-corrected chi connectivity index (χ0v) is 20.7. The summed E-state index contributed by atoms with van der Waals surface area (Å²) in [5.41, 5.74) is 4.59. The fourth-order valence-electron chi connectivity index (χ4n) is 3.96. The van der Waals surface area contributed by atoms with E-state index in [2.05, 4.69) is 49.8 Å². The van der Waals surface area contributed by atoms with Gasteiger partial charge in [-0.25, -0.2) is 4.39 Å². The van der Waals surface area contributed by atoms with E-state index in [1.54, 1.807) is 7.05 Å². The lowest BCUT2D eigenvalue weighted by molar-refractivity contribution is 0.0341. The summed E-state index contributed by atoms with van der Waals surface area (Å²) in [6.07, 6.45) is 2.77. The average Bonchev–Trinajstić information content (AvgIpc) is 3.19. The Labute approximate surface area is 205 Å². The Morgan fingerprint density at radius 1 is 1.09 bits per heavy atom. The molecule has 0 saturated carbocycles. The summed E-state index contributed by atoms with van der Waals surface area (Å²) >= 11 is 0. The minimum absolute atomic E-state index is 0. The van der Waals surface area contributed by atoms with E-state index in [4.69, 9.17) is 4.74 Å². The van der Waals surface area contributed by atoms with E-state index >= 15 is 0 Å². The van der Waals surface area contributed by atoms with Crippen LogP contribution in [0.15, 0.2) is 53.7 Å². The molecule has 0 radical (unpaired) electrons. The second kappa shape index (κ2) is 12.2. The van der Waals surface area contributed by atoms with Gasteiger partial charge in [-0.2, -0.15) is 0 Å². The Morgan fingerprint density at radius 2 is 1.88 bits per heavy atom. The lowest BCUT2D eigenvalue weighted by Crippen LogP contribution is -2.38. The van der Waals surface area contributed by atoms with Crippen LogP contribution >= 0.6 is 24.0 Å². The van der Waals surface area contributed by atoms with Crippen LogP contribution in [0.3, 0.4) is 0 Å². The van der Waals surface area contributed by atoms with E-state index in [-0.39, 0.29) is 29.8 Å². The minimum atomic E-state index is -0.225. The smallest absolute Gasteiger partial charge is 0.191 e. The molecule has 0 aliphatic carbocycles. The molecule has 1 aromatic heterocycles. The molecule has 172 valence electrons. The van der Waals surface area contributed by atoms with Crippen molar-refractivity contribution in [3.05, 3.63) is 71.2 Å². The van der Waals surface area contributed by atoms with Crippen molar-refractivity contribution in [3.63, 3.8) is 0 Å². The van der Waals surface area contributed by atoms with Gasteiger partial charge in [0, 0.05) is 56.9 Å². The maximum atomic E-state index is 13.4. The maximum Gasteiger partial charge on any atom is 0.191 e. The van der Waals surface area contributed by atoms with Crippen molar-refractivity contribution in [2.45, 2.75) is 19.5 Å². The van der Waals surface area contributed by atoms with Crippen LogP contribution in [0.1, 0.15) is 16.7 Å². The second-order valence-electron chi connectivity index (χ2n) is 7.76. The van der Waals surface area contributed by atoms with Crippen molar-refractivity contribution in [3.8, 4) is 0 Å². The first-order valence-corrected chi connectivity index (χ1v) is 10.8. The highest BCUT2D eigenvalue weighted by Crippen LogP contribution is 2.19. The SMILES string of the molecule is CN=C(NCCc1c[nH]c2cc(F)ccc12)NCc1ccccc1CN1CCOCC1.I. The van der Waals surface area contributed by atoms with Gasteiger partial charge >= 0.3 is 0 Å². The van der Waals surface area contributed by atoms with Gasteiger partial charge in [-0.15, -0.1) is 24.0 Å². The van der Waals surface area contributed by atoms with Crippen LogP contribution in [0.5, 0.6) is 0 Å². The number of morpholine rings is 1. The molecule has 0 spiro atoms. The second-order valence-corrected chi connectivity index (χ2v) is 7.76. The minimum Gasteiger partial charge on any atom is -0.379 e. The number of fused-ring (bicyclic) bond motifs is 1. The van der Waals surface area contributed by atoms with E-state index in [1.807, 2.05) is 12.3 Å². The third kappa shape index (κ3) is 6.43. The van der Waals surface area contributed by atoms with Gasteiger partial charge < -0.3 is 20.4 Å². The Hall–Kier alpha value is -2.17. The molecular formula is C24H31FIN5O. The number of guanidine groups is 1. The number of nitrogens with zero attached hydrogens (tertiary/aromatic N) is 2. The summed E-state index contributed by atoms with van der Waals surface area (Å²) in [7, 11) is 1.78. The molecule has 0 amide bonds. The summed E-state index contributed by atoms with van der Waals surface area (Å²) in [6, 6.07) is 13.4. The van der Waals surface area contributed by atoms with E-state index in [9.17, 15) is 4.39 Å². The largest absolute Gasteiger partial charge is 0.379 e. The summed E-state index contributed by atoms with van der Waals surface area (Å²) in [5, 5.41) is 7.86. The molecule has 2 heterocycles. The third-order valence-electron chi connectivity index (χ3n) is 5.70. The van der Waals surface area contributed by atoms with Crippen LogP contribution in [-0.4, -0.2) is 55.7 Å². The first-order valence-electron chi connectivity index (χ1n) is 10.8. The lowest BCUT2D eigenvalue weighted by Gasteiger charge is -2.27. The number of rotatable bonds is 7. The highest BCUT2D eigenvalue weighted by Gasteiger charge is 2.13. The summed E-state index contributed by atoms with van der Waals surface area (Å²) < 4.78 is 18.8. The van der Waals surface area contributed by atoms with Gasteiger partial charge in [-0.1, -0.05) is 24.3 Å². The number of hydrogen-bond acceptors (Lipinski definition) is 3. The normalized spacial score (nSPS) is 14.9. The summed E-state index contributed by atoms with van der Waals surface area (Å²) in [6.45, 7) is 5.96. The van der Waals surface area contributed by atoms with Crippen molar-refractivity contribution in [1.82, 2.24) is 20.5 Å².